The molecule has 0 bridgehead atoms. The molecule has 28 heavy (non-hydrogen) atoms. The van der Waals surface area contributed by atoms with Crippen molar-refractivity contribution < 1.29 is 23.8 Å². The van der Waals surface area contributed by atoms with Gasteiger partial charge < -0.3 is 24.4 Å². The number of carbonyl (C=O) groups is 2. The van der Waals surface area contributed by atoms with Gasteiger partial charge in [-0.3, -0.25) is 9.78 Å². The molecular formula is C20H23N3O5. The van der Waals surface area contributed by atoms with E-state index in [1.807, 2.05) is 0 Å². The van der Waals surface area contributed by atoms with Crippen LogP contribution in [0.15, 0.2) is 30.6 Å². The second-order valence-corrected chi connectivity index (χ2v) is 6.22. The smallest absolute Gasteiger partial charge is 0.410 e. The maximum absolute atomic E-state index is 12.8. The van der Waals surface area contributed by atoms with Crippen molar-refractivity contribution in [2.45, 2.75) is 19.9 Å². The van der Waals surface area contributed by atoms with Gasteiger partial charge >= 0.3 is 6.09 Å². The zero-order chi connectivity index (χ0) is 20.1. The van der Waals surface area contributed by atoms with Gasteiger partial charge in [0.25, 0.3) is 5.91 Å². The maximum Gasteiger partial charge on any atom is 0.410 e. The molecule has 0 unspecified atom stereocenters. The van der Waals surface area contributed by atoms with E-state index in [1.54, 1.807) is 49.5 Å². The summed E-state index contributed by atoms with van der Waals surface area (Å²) in [5, 5.41) is 2.87. The summed E-state index contributed by atoms with van der Waals surface area (Å²) in [5.74, 6) is 0.845. The molecule has 1 N–H and O–H groups in total. The van der Waals surface area contributed by atoms with Crippen molar-refractivity contribution in [2.75, 3.05) is 32.7 Å². The first kappa shape index (κ1) is 19.5. The van der Waals surface area contributed by atoms with Crippen molar-refractivity contribution in [3.8, 4) is 11.5 Å². The van der Waals surface area contributed by atoms with E-state index in [0.717, 1.165) is 11.1 Å². The van der Waals surface area contributed by atoms with Crippen molar-refractivity contribution in [1.29, 1.82) is 0 Å². The highest BCUT2D eigenvalue weighted by Gasteiger charge is 2.25. The summed E-state index contributed by atoms with van der Waals surface area (Å²) < 4.78 is 15.5. The van der Waals surface area contributed by atoms with Crippen molar-refractivity contribution in [3.05, 3.63) is 47.3 Å². The highest BCUT2D eigenvalue weighted by atomic mass is 16.6. The average molecular weight is 385 g/mol. The molecule has 0 atom stereocenters. The number of benzene rings is 1. The topological polar surface area (TPSA) is 90.0 Å². The number of anilines is 1. The van der Waals surface area contributed by atoms with Gasteiger partial charge in [-0.15, -0.1) is 0 Å². The Bertz CT molecular complexity index is 884. The van der Waals surface area contributed by atoms with Gasteiger partial charge in [-0.1, -0.05) is 0 Å². The van der Waals surface area contributed by atoms with Crippen molar-refractivity contribution in [2.24, 2.45) is 0 Å². The summed E-state index contributed by atoms with van der Waals surface area (Å²) in [7, 11) is 3.09. The predicted molar refractivity (Wildman–Crippen MR) is 103 cm³/mol. The number of amides is 2. The number of aromatic nitrogens is 1. The van der Waals surface area contributed by atoms with Crippen molar-refractivity contribution >= 4 is 17.7 Å². The fourth-order valence-electron chi connectivity index (χ4n) is 3.17. The molecule has 1 aromatic heterocycles. The van der Waals surface area contributed by atoms with Gasteiger partial charge in [0.05, 0.1) is 32.9 Å². The van der Waals surface area contributed by atoms with Gasteiger partial charge in [0.2, 0.25) is 0 Å². The minimum atomic E-state index is -0.353. The van der Waals surface area contributed by atoms with Crippen molar-refractivity contribution in [3.63, 3.8) is 0 Å². The van der Waals surface area contributed by atoms with Gasteiger partial charge in [-0.05, 0) is 36.6 Å². The van der Waals surface area contributed by atoms with E-state index < -0.39 is 0 Å². The molecule has 148 valence electrons. The molecule has 0 fully saturated rings. The number of ether oxygens (including phenoxy) is 3. The van der Waals surface area contributed by atoms with Crippen LogP contribution >= 0.6 is 0 Å². The summed E-state index contributed by atoms with van der Waals surface area (Å²) in [4.78, 5) is 30.6. The zero-order valence-electron chi connectivity index (χ0n) is 16.2. The van der Waals surface area contributed by atoms with Gasteiger partial charge in [0, 0.05) is 30.7 Å². The lowest BCUT2D eigenvalue weighted by Gasteiger charge is -2.28. The molecule has 1 aliphatic heterocycles. The Morgan fingerprint density at radius 3 is 2.68 bits per heavy atom. The summed E-state index contributed by atoms with van der Waals surface area (Å²) in [5.41, 5.74) is 2.83. The van der Waals surface area contributed by atoms with E-state index in [9.17, 15) is 9.59 Å². The van der Waals surface area contributed by atoms with Crippen LogP contribution in [-0.2, 0) is 17.7 Å². The Kier molecular flexibility index (Phi) is 5.98. The van der Waals surface area contributed by atoms with Crippen LogP contribution in [0.5, 0.6) is 11.5 Å². The third kappa shape index (κ3) is 4.00. The Balaban J connectivity index is 1.79. The average Bonchev–Trinajstić information content (AvgIpc) is 2.72. The lowest BCUT2D eigenvalue weighted by molar-refractivity contribution is 0.101. The fourth-order valence-corrected chi connectivity index (χ4v) is 3.17. The molecule has 2 aromatic rings. The second kappa shape index (κ2) is 8.60. The standard InChI is InChI=1S/C20H23N3O5/c1-4-28-20(25)23-8-7-15-13(12-23)10-21-11-16(15)19(24)22-14-5-6-17(26-2)18(9-14)27-3/h5-6,9-11H,4,7-8,12H2,1-3H3,(H,22,24). The van der Waals surface area contributed by atoms with Crippen molar-refractivity contribution in [1.82, 2.24) is 9.88 Å². The number of nitrogens with zero attached hydrogens (tertiary/aromatic N) is 2. The molecule has 0 radical (unpaired) electrons. The number of pyridine rings is 1. The minimum absolute atomic E-state index is 0.263. The number of hydrogen-bond acceptors (Lipinski definition) is 6. The Labute approximate surface area is 163 Å². The summed E-state index contributed by atoms with van der Waals surface area (Å²) in [6.45, 7) is 2.97. The molecule has 0 saturated heterocycles. The van der Waals surface area contributed by atoms with Crippen LogP contribution in [0, 0.1) is 0 Å². The molecule has 2 heterocycles. The molecule has 1 aliphatic rings. The third-order valence-corrected chi connectivity index (χ3v) is 4.55. The number of hydrogen-bond donors (Lipinski definition) is 1. The monoisotopic (exact) mass is 385 g/mol. The van der Waals surface area contributed by atoms with E-state index >= 15 is 0 Å². The van der Waals surface area contributed by atoms with Crippen LogP contribution in [0.25, 0.3) is 0 Å². The Hall–Kier alpha value is -3.29. The maximum atomic E-state index is 12.8. The number of rotatable bonds is 5. The molecule has 3 rings (SSSR count). The third-order valence-electron chi connectivity index (χ3n) is 4.55. The SMILES string of the molecule is CCOC(=O)N1CCc2c(cncc2C(=O)Nc2ccc(OC)c(OC)c2)C1. The molecule has 1 aromatic carbocycles. The largest absolute Gasteiger partial charge is 0.493 e. The fraction of sp³-hybridized carbons (Fsp3) is 0.350. The molecule has 2 amide bonds. The van der Waals surface area contributed by atoms with Gasteiger partial charge in [0.15, 0.2) is 11.5 Å². The number of nitrogens with one attached hydrogen (secondary N) is 1. The van der Waals surface area contributed by atoms with Gasteiger partial charge in [-0.2, -0.15) is 0 Å². The first-order valence-electron chi connectivity index (χ1n) is 8.98. The highest BCUT2D eigenvalue weighted by Crippen LogP contribution is 2.30. The van der Waals surface area contributed by atoms with Crippen LogP contribution < -0.4 is 14.8 Å². The molecular weight excluding hydrogens is 362 g/mol. The van der Waals surface area contributed by atoms with Crippen LogP contribution in [0.2, 0.25) is 0 Å². The first-order chi connectivity index (χ1) is 13.6. The zero-order valence-corrected chi connectivity index (χ0v) is 16.2. The van der Waals surface area contributed by atoms with E-state index in [4.69, 9.17) is 14.2 Å². The first-order valence-corrected chi connectivity index (χ1v) is 8.98. The Morgan fingerprint density at radius 2 is 1.96 bits per heavy atom. The van der Waals surface area contributed by atoms with E-state index in [1.165, 1.54) is 7.11 Å². The lowest BCUT2D eigenvalue weighted by atomic mass is 9.97. The molecule has 8 heteroatoms. The predicted octanol–water partition coefficient (Wildman–Crippen LogP) is 2.87. The quantitative estimate of drug-likeness (QED) is 0.851. The second-order valence-electron chi connectivity index (χ2n) is 6.22. The minimum Gasteiger partial charge on any atom is -0.493 e. The highest BCUT2D eigenvalue weighted by molar-refractivity contribution is 6.05. The van der Waals surface area contributed by atoms with Crippen LogP contribution in [0.3, 0.4) is 0 Å². The molecule has 0 aliphatic carbocycles. The summed E-state index contributed by atoms with van der Waals surface area (Å²) in [6.07, 6.45) is 3.45. The van der Waals surface area contributed by atoms with Crippen LogP contribution in [0.4, 0.5) is 10.5 Å². The van der Waals surface area contributed by atoms with Gasteiger partial charge in [-0.25, -0.2) is 4.79 Å². The number of methoxy groups -OCH3 is 2. The van der Waals surface area contributed by atoms with Gasteiger partial charge in [0.1, 0.15) is 0 Å². The van der Waals surface area contributed by atoms with E-state index in [0.29, 0.717) is 48.9 Å². The molecule has 0 saturated carbocycles. The lowest BCUT2D eigenvalue weighted by Crippen LogP contribution is -2.37. The van der Waals surface area contributed by atoms with E-state index in [-0.39, 0.29) is 12.0 Å². The van der Waals surface area contributed by atoms with E-state index in [2.05, 4.69) is 10.3 Å². The van der Waals surface area contributed by atoms with Crippen LogP contribution in [-0.4, -0.2) is 49.3 Å². The summed E-state index contributed by atoms with van der Waals surface area (Å²) in [6, 6.07) is 5.16. The summed E-state index contributed by atoms with van der Waals surface area (Å²) >= 11 is 0. The van der Waals surface area contributed by atoms with Crippen LogP contribution in [0.1, 0.15) is 28.4 Å². The Morgan fingerprint density at radius 1 is 1.18 bits per heavy atom. The molecule has 0 spiro atoms. The number of carbonyl (C=O) groups excluding carboxylic acids is 2. The number of fused-ring (bicyclic) bond motifs is 1. The normalized spacial score (nSPS) is 12.8. The molecule has 8 nitrogen and oxygen atoms in total.